The van der Waals surface area contributed by atoms with Crippen LogP contribution in [0.2, 0.25) is 0 Å². The molecule has 1 heterocycles. The Kier molecular flexibility index (Phi) is 2.60. The maximum absolute atomic E-state index is 10.5. The monoisotopic (exact) mass is 207 g/mol. The molecule has 0 aromatic heterocycles. The Morgan fingerprint density at radius 2 is 2.40 bits per heavy atom. The predicted octanol–water partition coefficient (Wildman–Crippen LogP) is 1.23. The fourth-order valence-electron chi connectivity index (χ4n) is 1.71. The first kappa shape index (κ1) is 9.98. The molecular weight excluding hydrogens is 194 g/mol. The average Bonchev–Trinajstić information content (AvgIpc) is 2.16. The molecule has 0 saturated carbocycles. The van der Waals surface area contributed by atoms with Crippen molar-refractivity contribution in [2.24, 2.45) is 0 Å². The molecule has 0 spiro atoms. The van der Waals surface area contributed by atoms with Crippen molar-refractivity contribution in [3.8, 4) is 5.75 Å². The summed E-state index contributed by atoms with van der Waals surface area (Å²) in [6.45, 7) is 3.02. The largest absolute Gasteiger partial charge is 0.480 e. The average molecular weight is 207 g/mol. The zero-order valence-electron chi connectivity index (χ0n) is 8.56. The Hall–Kier alpha value is -1.55. The second-order valence-corrected chi connectivity index (χ2v) is 3.77. The van der Waals surface area contributed by atoms with Crippen LogP contribution in [0.3, 0.4) is 0 Å². The molecule has 1 aromatic carbocycles. The van der Waals surface area contributed by atoms with Gasteiger partial charge >= 0.3 is 5.97 Å². The highest BCUT2D eigenvalue weighted by molar-refractivity contribution is 5.69. The van der Waals surface area contributed by atoms with Crippen LogP contribution in [0.1, 0.15) is 11.1 Å². The number of rotatable bonds is 2. The van der Waals surface area contributed by atoms with Gasteiger partial charge in [0.2, 0.25) is 0 Å². The number of nitrogens with zero attached hydrogens (tertiary/aromatic N) is 1. The van der Waals surface area contributed by atoms with Gasteiger partial charge in [0.25, 0.3) is 0 Å². The van der Waals surface area contributed by atoms with Gasteiger partial charge in [-0.3, -0.25) is 9.69 Å². The zero-order valence-corrected chi connectivity index (χ0v) is 8.56. The summed E-state index contributed by atoms with van der Waals surface area (Å²) in [6, 6.07) is 5.96. The lowest BCUT2D eigenvalue weighted by Crippen LogP contribution is -2.35. The number of ether oxygens (including phenoxy) is 1. The molecule has 0 aliphatic carbocycles. The number of aryl methyl sites for hydroxylation is 1. The molecule has 1 N–H and O–H groups in total. The second-order valence-electron chi connectivity index (χ2n) is 3.77. The van der Waals surface area contributed by atoms with Gasteiger partial charge in [-0.25, -0.2) is 0 Å². The first-order chi connectivity index (χ1) is 7.15. The lowest BCUT2D eigenvalue weighted by molar-refractivity contribution is -0.139. The Labute approximate surface area is 88.1 Å². The van der Waals surface area contributed by atoms with Crippen LogP contribution < -0.4 is 4.74 Å². The Morgan fingerprint density at radius 3 is 3.13 bits per heavy atom. The van der Waals surface area contributed by atoms with E-state index in [1.54, 1.807) is 4.90 Å². The molecular formula is C11H13NO3. The van der Waals surface area contributed by atoms with Gasteiger partial charge in [0.1, 0.15) is 12.5 Å². The molecule has 80 valence electrons. The second kappa shape index (κ2) is 3.90. The van der Waals surface area contributed by atoms with Crippen molar-refractivity contribution in [3.05, 3.63) is 29.3 Å². The standard InChI is InChI=1S/C11H13NO3/c1-8-2-3-10-9(4-8)5-12(7-15-10)6-11(13)14/h2-4H,5-7H2,1H3,(H,13,14). The first-order valence-electron chi connectivity index (χ1n) is 4.81. The number of aliphatic carboxylic acids is 1. The molecule has 0 amide bonds. The molecule has 15 heavy (non-hydrogen) atoms. The van der Waals surface area contributed by atoms with E-state index in [9.17, 15) is 4.79 Å². The third kappa shape index (κ3) is 2.27. The van der Waals surface area contributed by atoms with Crippen LogP contribution in [0.25, 0.3) is 0 Å². The summed E-state index contributed by atoms with van der Waals surface area (Å²) in [5, 5.41) is 8.67. The molecule has 0 bridgehead atoms. The fraction of sp³-hybridized carbons (Fsp3) is 0.364. The highest BCUT2D eigenvalue weighted by Crippen LogP contribution is 2.25. The molecule has 1 aromatic rings. The molecule has 0 unspecified atom stereocenters. The quantitative estimate of drug-likeness (QED) is 0.792. The van der Waals surface area contributed by atoms with E-state index in [1.807, 2.05) is 25.1 Å². The molecule has 0 fully saturated rings. The zero-order chi connectivity index (χ0) is 10.8. The third-order valence-electron chi connectivity index (χ3n) is 2.37. The van der Waals surface area contributed by atoms with Crippen LogP contribution in [0.4, 0.5) is 0 Å². The van der Waals surface area contributed by atoms with E-state index in [2.05, 4.69) is 0 Å². The van der Waals surface area contributed by atoms with Gasteiger partial charge in [-0.2, -0.15) is 0 Å². The Morgan fingerprint density at radius 1 is 1.60 bits per heavy atom. The molecule has 4 nitrogen and oxygen atoms in total. The van der Waals surface area contributed by atoms with E-state index in [-0.39, 0.29) is 6.54 Å². The number of carboxylic acids is 1. The van der Waals surface area contributed by atoms with Crippen molar-refractivity contribution in [3.63, 3.8) is 0 Å². The van der Waals surface area contributed by atoms with Gasteiger partial charge in [0.15, 0.2) is 0 Å². The highest BCUT2D eigenvalue weighted by Gasteiger charge is 2.18. The van der Waals surface area contributed by atoms with Gasteiger partial charge < -0.3 is 9.84 Å². The third-order valence-corrected chi connectivity index (χ3v) is 2.37. The van der Waals surface area contributed by atoms with Crippen LogP contribution in [-0.4, -0.2) is 29.3 Å². The van der Waals surface area contributed by atoms with Crippen LogP contribution in [0.15, 0.2) is 18.2 Å². The molecule has 0 saturated heterocycles. The van der Waals surface area contributed by atoms with Gasteiger partial charge in [0.05, 0.1) is 6.54 Å². The van der Waals surface area contributed by atoms with Crippen molar-refractivity contribution >= 4 is 5.97 Å². The minimum absolute atomic E-state index is 0.0212. The van der Waals surface area contributed by atoms with Gasteiger partial charge in [-0.15, -0.1) is 0 Å². The number of fused-ring (bicyclic) bond motifs is 1. The highest BCUT2D eigenvalue weighted by atomic mass is 16.5. The summed E-state index contributed by atoms with van der Waals surface area (Å²) < 4.78 is 5.45. The van der Waals surface area contributed by atoms with E-state index in [4.69, 9.17) is 9.84 Å². The number of hydrogen-bond acceptors (Lipinski definition) is 3. The number of carboxylic acid groups (broad SMARTS) is 1. The molecule has 0 radical (unpaired) electrons. The lowest BCUT2D eigenvalue weighted by Gasteiger charge is -2.27. The summed E-state index contributed by atoms with van der Waals surface area (Å²) in [5.74, 6) is 0.0388. The van der Waals surface area contributed by atoms with Crippen molar-refractivity contribution in [1.82, 2.24) is 4.90 Å². The van der Waals surface area contributed by atoms with Crippen molar-refractivity contribution in [1.29, 1.82) is 0 Å². The molecule has 0 atom stereocenters. The topological polar surface area (TPSA) is 49.8 Å². The first-order valence-corrected chi connectivity index (χ1v) is 4.81. The Balaban J connectivity index is 2.14. The number of hydrogen-bond donors (Lipinski definition) is 1. The van der Waals surface area contributed by atoms with E-state index < -0.39 is 5.97 Å². The maximum Gasteiger partial charge on any atom is 0.317 e. The number of benzene rings is 1. The van der Waals surface area contributed by atoms with Crippen LogP contribution >= 0.6 is 0 Å². The van der Waals surface area contributed by atoms with E-state index in [0.29, 0.717) is 13.3 Å². The lowest BCUT2D eigenvalue weighted by atomic mass is 10.1. The van der Waals surface area contributed by atoms with Crippen LogP contribution in [0, 0.1) is 6.92 Å². The van der Waals surface area contributed by atoms with E-state index in [1.165, 1.54) is 0 Å². The van der Waals surface area contributed by atoms with Crippen molar-refractivity contribution in [2.75, 3.05) is 13.3 Å². The van der Waals surface area contributed by atoms with Crippen molar-refractivity contribution < 1.29 is 14.6 Å². The summed E-state index contributed by atoms with van der Waals surface area (Å²) in [6.07, 6.45) is 0. The van der Waals surface area contributed by atoms with Crippen LogP contribution in [-0.2, 0) is 11.3 Å². The summed E-state index contributed by atoms with van der Waals surface area (Å²) in [4.78, 5) is 12.3. The van der Waals surface area contributed by atoms with Gasteiger partial charge in [-0.1, -0.05) is 17.7 Å². The fourth-order valence-corrected chi connectivity index (χ4v) is 1.71. The summed E-state index contributed by atoms with van der Waals surface area (Å²) in [5.41, 5.74) is 2.22. The van der Waals surface area contributed by atoms with Gasteiger partial charge in [0, 0.05) is 12.1 Å². The molecule has 4 heteroatoms. The molecule has 1 aliphatic rings. The normalized spacial score (nSPS) is 15.5. The summed E-state index contributed by atoms with van der Waals surface area (Å²) >= 11 is 0. The Bertz CT molecular complexity index is 389. The van der Waals surface area contributed by atoms with Crippen LogP contribution in [0.5, 0.6) is 5.75 Å². The minimum atomic E-state index is -0.824. The predicted molar refractivity (Wildman–Crippen MR) is 54.7 cm³/mol. The van der Waals surface area contributed by atoms with E-state index >= 15 is 0 Å². The van der Waals surface area contributed by atoms with E-state index in [0.717, 1.165) is 16.9 Å². The SMILES string of the molecule is Cc1ccc2c(c1)CN(CC(=O)O)CO2. The minimum Gasteiger partial charge on any atom is -0.480 e. The van der Waals surface area contributed by atoms with Crippen molar-refractivity contribution in [2.45, 2.75) is 13.5 Å². The summed E-state index contributed by atoms with van der Waals surface area (Å²) in [7, 11) is 0. The maximum atomic E-state index is 10.5. The smallest absolute Gasteiger partial charge is 0.317 e. The van der Waals surface area contributed by atoms with Gasteiger partial charge in [-0.05, 0) is 13.0 Å². The number of carbonyl (C=O) groups is 1. The molecule has 2 rings (SSSR count). The molecule has 1 aliphatic heterocycles.